The molecule has 0 radical (unpaired) electrons. The van der Waals surface area contributed by atoms with Gasteiger partial charge in [-0.25, -0.2) is 4.39 Å². The van der Waals surface area contributed by atoms with Crippen LogP contribution in [0.1, 0.15) is 66.5 Å². The highest BCUT2D eigenvalue weighted by Gasteiger charge is 2.48. The molecular weight excluding hydrogens is 551 g/mol. The minimum Gasteiger partial charge on any atom is -0.490 e. The van der Waals surface area contributed by atoms with E-state index in [0.29, 0.717) is 36.6 Å². The highest BCUT2D eigenvalue weighted by atomic mass is 19.1. The van der Waals surface area contributed by atoms with E-state index in [9.17, 15) is 19.1 Å². The fraction of sp³-hybridized carbons (Fsp3) is 0.412. The lowest BCUT2D eigenvalue weighted by atomic mass is 9.81. The number of aryl methyl sites for hydroxylation is 3. The third-order valence-electron chi connectivity index (χ3n) is 8.73. The van der Waals surface area contributed by atoms with Gasteiger partial charge >= 0.3 is 5.97 Å². The summed E-state index contributed by atoms with van der Waals surface area (Å²) in [6.07, 6.45) is 3.45. The zero-order chi connectivity index (χ0) is 30.2. The minimum absolute atomic E-state index is 0.0292. The SMILES string of the molecule is CCc1cc(F)cc(CC)c1NC(=O)CN1C[C@H](c2cc3c(cc2C)OCO3)[C@@H](C(=O)O)[C@@H]1c1ccc(OC2CC2)cc1. The molecule has 0 bridgehead atoms. The Labute approximate surface area is 250 Å². The smallest absolute Gasteiger partial charge is 0.309 e. The van der Waals surface area contributed by atoms with E-state index in [0.717, 1.165) is 46.4 Å². The summed E-state index contributed by atoms with van der Waals surface area (Å²) < 4.78 is 31.3. The molecule has 9 heteroatoms. The van der Waals surface area contributed by atoms with Crippen LogP contribution >= 0.6 is 0 Å². The molecule has 2 N–H and O–H groups in total. The first-order valence-electron chi connectivity index (χ1n) is 15.0. The molecule has 8 nitrogen and oxygen atoms in total. The van der Waals surface area contributed by atoms with E-state index in [1.54, 1.807) is 0 Å². The molecule has 226 valence electrons. The second-order valence-electron chi connectivity index (χ2n) is 11.6. The van der Waals surface area contributed by atoms with Crippen LogP contribution in [0.2, 0.25) is 0 Å². The van der Waals surface area contributed by atoms with Crippen molar-refractivity contribution in [1.82, 2.24) is 4.90 Å². The summed E-state index contributed by atoms with van der Waals surface area (Å²) >= 11 is 0. The molecule has 1 saturated carbocycles. The van der Waals surface area contributed by atoms with E-state index < -0.39 is 23.8 Å². The Morgan fingerprint density at radius 1 is 1.02 bits per heavy atom. The second-order valence-corrected chi connectivity index (χ2v) is 11.6. The third kappa shape index (κ3) is 5.91. The number of anilines is 1. The average molecular weight is 589 g/mol. The van der Waals surface area contributed by atoms with Gasteiger partial charge in [0, 0.05) is 24.2 Å². The van der Waals surface area contributed by atoms with Crippen LogP contribution in [-0.2, 0) is 22.4 Å². The number of carbonyl (C=O) groups is 2. The number of nitrogens with zero attached hydrogens (tertiary/aromatic N) is 1. The minimum atomic E-state index is -0.937. The number of carbonyl (C=O) groups excluding carboxylic acids is 1. The van der Waals surface area contributed by atoms with E-state index in [1.165, 1.54) is 12.1 Å². The molecule has 2 aliphatic heterocycles. The number of amides is 1. The second kappa shape index (κ2) is 11.9. The molecule has 1 saturated heterocycles. The zero-order valence-electron chi connectivity index (χ0n) is 24.7. The number of benzene rings is 3. The van der Waals surface area contributed by atoms with Crippen molar-refractivity contribution in [3.63, 3.8) is 0 Å². The molecule has 1 amide bonds. The number of hydrogen-bond donors (Lipinski definition) is 2. The number of carboxylic acid groups (broad SMARTS) is 1. The number of nitrogens with one attached hydrogen (secondary N) is 1. The van der Waals surface area contributed by atoms with Crippen molar-refractivity contribution in [2.24, 2.45) is 5.92 Å². The Balaban J connectivity index is 1.34. The van der Waals surface area contributed by atoms with Gasteiger partial charge in [0.2, 0.25) is 12.7 Å². The van der Waals surface area contributed by atoms with Gasteiger partial charge in [-0.15, -0.1) is 0 Å². The number of fused-ring (bicyclic) bond motifs is 1. The van der Waals surface area contributed by atoms with Gasteiger partial charge in [-0.3, -0.25) is 14.5 Å². The maximum absolute atomic E-state index is 14.2. The van der Waals surface area contributed by atoms with Gasteiger partial charge in [0.05, 0.1) is 18.6 Å². The van der Waals surface area contributed by atoms with Crippen LogP contribution in [0, 0.1) is 18.7 Å². The Bertz CT molecular complexity index is 1510. The molecule has 3 aliphatic rings. The first-order valence-corrected chi connectivity index (χ1v) is 15.0. The summed E-state index contributed by atoms with van der Waals surface area (Å²) in [4.78, 5) is 28.6. The first-order chi connectivity index (χ1) is 20.7. The maximum atomic E-state index is 14.2. The highest BCUT2D eigenvalue weighted by Crippen LogP contribution is 2.49. The van der Waals surface area contributed by atoms with Crippen LogP contribution in [0.5, 0.6) is 17.2 Å². The molecule has 0 unspecified atom stereocenters. The van der Waals surface area contributed by atoms with Crippen LogP contribution in [0.25, 0.3) is 0 Å². The lowest BCUT2D eigenvalue weighted by Gasteiger charge is -2.27. The summed E-state index contributed by atoms with van der Waals surface area (Å²) in [7, 11) is 0. The predicted octanol–water partition coefficient (Wildman–Crippen LogP) is 6.01. The largest absolute Gasteiger partial charge is 0.490 e. The summed E-state index contributed by atoms with van der Waals surface area (Å²) in [5.74, 6) is -0.792. The molecule has 0 aromatic heterocycles. The van der Waals surface area contributed by atoms with Crippen LogP contribution in [-0.4, -0.2) is 47.9 Å². The average Bonchev–Trinajstić information content (AvgIpc) is 3.55. The van der Waals surface area contributed by atoms with Gasteiger partial charge < -0.3 is 24.6 Å². The number of ether oxygens (including phenoxy) is 3. The fourth-order valence-electron chi connectivity index (χ4n) is 6.49. The monoisotopic (exact) mass is 588 g/mol. The van der Waals surface area contributed by atoms with E-state index in [1.807, 2.05) is 62.1 Å². The Morgan fingerprint density at radius 2 is 1.67 bits per heavy atom. The molecule has 3 aromatic carbocycles. The van der Waals surface area contributed by atoms with Gasteiger partial charge in [-0.1, -0.05) is 26.0 Å². The van der Waals surface area contributed by atoms with E-state index in [4.69, 9.17) is 14.2 Å². The van der Waals surface area contributed by atoms with Gasteiger partial charge in [0.1, 0.15) is 11.6 Å². The third-order valence-corrected chi connectivity index (χ3v) is 8.73. The van der Waals surface area contributed by atoms with Crippen LogP contribution in [0.4, 0.5) is 10.1 Å². The van der Waals surface area contributed by atoms with Gasteiger partial charge in [0.15, 0.2) is 11.5 Å². The number of carboxylic acids is 1. The topological polar surface area (TPSA) is 97.3 Å². The normalized spacial score (nSPS) is 21.2. The Morgan fingerprint density at radius 3 is 2.28 bits per heavy atom. The first kappa shape index (κ1) is 29.0. The van der Waals surface area contributed by atoms with Gasteiger partial charge in [-0.2, -0.15) is 0 Å². The Kier molecular flexibility index (Phi) is 8.01. The maximum Gasteiger partial charge on any atom is 0.309 e. The molecule has 3 atom stereocenters. The van der Waals surface area contributed by atoms with Crippen molar-refractivity contribution in [2.75, 3.05) is 25.2 Å². The molecule has 2 fully saturated rings. The highest BCUT2D eigenvalue weighted by molar-refractivity contribution is 5.94. The lowest BCUT2D eigenvalue weighted by Crippen LogP contribution is -2.35. The summed E-state index contributed by atoms with van der Waals surface area (Å²) in [5, 5.41) is 13.7. The van der Waals surface area contributed by atoms with Crippen LogP contribution in [0.15, 0.2) is 48.5 Å². The predicted molar refractivity (Wildman–Crippen MR) is 159 cm³/mol. The van der Waals surface area contributed by atoms with E-state index >= 15 is 0 Å². The molecule has 43 heavy (non-hydrogen) atoms. The standard InChI is InChI=1S/C34H37FN2O6/c1-4-20-13-23(35)14-21(5-2)32(20)36-30(38)17-37-16-27(26-15-29-28(12-19(26)3)41-18-42-29)31(34(39)40)33(37)22-6-8-24(9-7-22)43-25-10-11-25/h6-9,12-15,25,27,31,33H,4-5,10-11,16-18H2,1-3H3,(H,36,38)(H,39,40)/t27-,31-,33+/m1/s1. The zero-order valence-corrected chi connectivity index (χ0v) is 24.7. The van der Waals surface area contributed by atoms with Crippen molar-refractivity contribution in [1.29, 1.82) is 0 Å². The summed E-state index contributed by atoms with van der Waals surface area (Å²) in [6.45, 7) is 6.23. The fourth-order valence-corrected chi connectivity index (χ4v) is 6.49. The van der Waals surface area contributed by atoms with Crippen molar-refractivity contribution >= 4 is 17.6 Å². The number of likely N-dealkylation sites (tertiary alicyclic amines) is 1. The lowest BCUT2D eigenvalue weighted by molar-refractivity contribution is -0.143. The van der Waals surface area contributed by atoms with Crippen molar-refractivity contribution < 1.29 is 33.3 Å². The number of halogens is 1. The number of aliphatic carboxylic acids is 1. The van der Waals surface area contributed by atoms with Crippen LogP contribution in [0.3, 0.4) is 0 Å². The van der Waals surface area contributed by atoms with Gasteiger partial charge in [0.25, 0.3) is 0 Å². The van der Waals surface area contributed by atoms with Crippen molar-refractivity contribution in [3.8, 4) is 17.2 Å². The number of hydrogen-bond acceptors (Lipinski definition) is 6. The van der Waals surface area contributed by atoms with Crippen molar-refractivity contribution in [2.45, 2.75) is 64.5 Å². The quantitative estimate of drug-likeness (QED) is 0.300. The Hall–Kier alpha value is -4.11. The molecule has 6 rings (SSSR count). The van der Waals surface area contributed by atoms with Crippen LogP contribution < -0.4 is 19.5 Å². The molecule has 2 heterocycles. The molecular formula is C34H37FN2O6. The van der Waals surface area contributed by atoms with E-state index in [-0.39, 0.29) is 31.2 Å². The van der Waals surface area contributed by atoms with Gasteiger partial charge in [-0.05, 0) is 96.8 Å². The summed E-state index contributed by atoms with van der Waals surface area (Å²) in [6, 6.07) is 13.7. The molecule has 0 spiro atoms. The summed E-state index contributed by atoms with van der Waals surface area (Å²) in [5.41, 5.74) is 4.66. The molecule has 3 aromatic rings. The van der Waals surface area contributed by atoms with E-state index in [2.05, 4.69) is 5.32 Å². The number of rotatable bonds is 10. The van der Waals surface area contributed by atoms with Crippen molar-refractivity contribution in [3.05, 3.63) is 82.2 Å². The molecule has 1 aliphatic carbocycles.